The lowest BCUT2D eigenvalue weighted by atomic mass is 9.93. The Morgan fingerprint density at radius 2 is 2.08 bits per heavy atom. The Morgan fingerprint density at radius 3 is 2.88 bits per heavy atom. The second kappa shape index (κ2) is 6.80. The van der Waals surface area contributed by atoms with Crippen molar-refractivity contribution in [1.29, 1.82) is 0 Å². The van der Waals surface area contributed by atoms with Crippen molar-refractivity contribution in [1.82, 2.24) is 15.1 Å². The van der Waals surface area contributed by atoms with Gasteiger partial charge in [0.05, 0.1) is 11.3 Å². The van der Waals surface area contributed by atoms with Crippen molar-refractivity contribution in [2.24, 2.45) is 7.05 Å². The van der Waals surface area contributed by atoms with Crippen LogP contribution in [0.2, 0.25) is 0 Å². The van der Waals surface area contributed by atoms with Gasteiger partial charge in [0.2, 0.25) is 0 Å². The number of phenolic OH excluding ortho intramolecular Hbond substituents is 1. The number of aromatic hydroxyl groups is 1. The van der Waals surface area contributed by atoms with E-state index >= 15 is 0 Å². The minimum atomic E-state index is -0.142. The van der Waals surface area contributed by atoms with E-state index in [4.69, 9.17) is 0 Å². The molecule has 0 spiro atoms. The minimum absolute atomic E-state index is 0.142. The van der Waals surface area contributed by atoms with Gasteiger partial charge in [-0.25, -0.2) is 0 Å². The van der Waals surface area contributed by atoms with E-state index in [2.05, 4.69) is 15.7 Å². The van der Waals surface area contributed by atoms with Crippen LogP contribution in [0.3, 0.4) is 0 Å². The standard InChI is InChI=1S/C20H22N4O2/c1-24-12-18(19(23-24)15-3-2-8-21-11-15)20(26)22-16-6-4-14-10-17(25)7-5-13(14)9-16/h4-7,9-10,12,15,21,25H,2-3,8,11H2,1H3,(H,22,26). The number of benzene rings is 2. The zero-order valence-corrected chi connectivity index (χ0v) is 14.7. The molecule has 1 unspecified atom stereocenters. The number of carbonyl (C=O) groups is 1. The predicted molar refractivity (Wildman–Crippen MR) is 102 cm³/mol. The molecule has 1 fully saturated rings. The molecule has 6 nitrogen and oxygen atoms in total. The summed E-state index contributed by atoms with van der Waals surface area (Å²) in [7, 11) is 1.85. The molecule has 0 bridgehead atoms. The fraction of sp³-hybridized carbons (Fsp3) is 0.300. The molecular weight excluding hydrogens is 328 g/mol. The minimum Gasteiger partial charge on any atom is -0.508 e. The van der Waals surface area contributed by atoms with E-state index in [1.165, 1.54) is 0 Å². The average Bonchev–Trinajstić information content (AvgIpc) is 3.04. The number of hydrogen-bond acceptors (Lipinski definition) is 4. The zero-order chi connectivity index (χ0) is 18.1. The van der Waals surface area contributed by atoms with Crippen LogP contribution in [0.15, 0.2) is 42.6 Å². The van der Waals surface area contributed by atoms with Crippen LogP contribution in [0.5, 0.6) is 5.75 Å². The monoisotopic (exact) mass is 350 g/mol. The lowest BCUT2D eigenvalue weighted by molar-refractivity contribution is 0.102. The van der Waals surface area contributed by atoms with Gasteiger partial charge < -0.3 is 15.7 Å². The van der Waals surface area contributed by atoms with Gasteiger partial charge in [0.1, 0.15) is 5.75 Å². The molecule has 1 aliphatic heterocycles. The molecule has 0 saturated carbocycles. The van der Waals surface area contributed by atoms with Crippen molar-refractivity contribution in [3.63, 3.8) is 0 Å². The molecule has 134 valence electrons. The Bertz CT molecular complexity index is 958. The Morgan fingerprint density at radius 1 is 1.27 bits per heavy atom. The molecule has 1 saturated heterocycles. The normalized spacial score (nSPS) is 17.3. The molecular formula is C20H22N4O2. The number of nitrogens with zero attached hydrogens (tertiary/aromatic N) is 2. The largest absolute Gasteiger partial charge is 0.508 e. The molecule has 4 rings (SSSR count). The molecule has 3 N–H and O–H groups in total. The summed E-state index contributed by atoms with van der Waals surface area (Å²) < 4.78 is 1.71. The maximum absolute atomic E-state index is 12.9. The molecule has 3 aromatic rings. The number of anilines is 1. The molecule has 1 atom stereocenters. The van der Waals surface area contributed by atoms with Crippen molar-refractivity contribution >= 4 is 22.4 Å². The van der Waals surface area contributed by atoms with E-state index in [1.54, 1.807) is 23.0 Å². The summed E-state index contributed by atoms with van der Waals surface area (Å²) in [4.78, 5) is 12.9. The summed E-state index contributed by atoms with van der Waals surface area (Å²) in [6.45, 7) is 1.88. The molecule has 1 amide bonds. The van der Waals surface area contributed by atoms with Gasteiger partial charge in [-0.05, 0) is 54.4 Å². The number of hydrogen-bond donors (Lipinski definition) is 3. The third kappa shape index (κ3) is 3.28. The first-order valence-corrected chi connectivity index (χ1v) is 8.88. The molecule has 2 heterocycles. The van der Waals surface area contributed by atoms with Gasteiger partial charge in [-0.15, -0.1) is 0 Å². The highest BCUT2D eigenvalue weighted by Crippen LogP contribution is 2.27. The molecule has 1 aliphatic rings. The Labute approximate surface area is 151 Å². The van der Waals surface area contributed by atoms with E-state index in [0.29, 0.717) is 5.56 Å². The van der Waals surface area contributed by atoms with Crippen molar-refractivity contribution in [3.8, 4) is 5.75 Å². The van der Waals surface area contributed by atoms with Crippen molar-refractivity contribution in [2.45, 2.75) is 18.8 Å². The first-order valence-electron chi connectivity index (χ1n) is 8.88. The highest BCUT2D eigenvalue weighted by Gasteiger charge is 2.24. The van der Waals surface area contributed by atoms with Crippen LogP contribution in [-0.4, -0.2) is 33.9 Å². The van der Waals surface area contributed by atoms with E-state index in [9.17, 15) is 9.90 Å². The molecule has 0 aliphatic carbocycles. The summed E-state index contributed by atoms with van der Waals surface area (Å²) in [5.74, 6) is 0.359. The Kier molecular flexibility index (Phi) is 4.34. The number of aromatic nitrogens is 2. The number of amides is 1. The molecule has 1 aromatic heterocycles. The summed E-state index contributed by atoms with van der Waals surface area (Å²) >= 11 is 0. The number of rotatable bonds is 3. The van der Waals surface area contributed by atoms with Crippen LogP contribution in [-0.2, 0) is 7.05 Å². The summed E-state index contributed by atoms with van der Waals surface area (Å²) in [6.07, 6.45) is 3.93. The van der Waals surface area contributed by atoms with E-state index in [-0.39, 0.29) is 17.6 Å². The van der Waals surface area contributed by atoms with Crippen LogP contribution >= 0.6 is 0 Å². The number of nitrogens with one attached hydrogen (secondary N) is 2. The number of aryl methyl sites for hydroxylation is 1. The van der Waals surface area contributed by atoms with Gasteiger partial charge in [0.25, 0.3) is 5.91 Å². The van der Waals surface area contributed by atoms with Crippen LogP contribution < -0.4 is 10.6 Å². The van der Waals surface area contributed by atoms with Crippen LogP contribution in [0, 0.1) is 0 Å². The van der Waals surface area contributed by atoms with Crippen molar-refractivity contribution in [2.75, 3.05) is 18.4 Å². The topological polar surface area (TPSA) is 79.2 Å². The van der Waals surface area contributed by atoms with Crippen LogP contribution in [0.1, 0.15) is 34.8 Å². The molecule has 26 heavy (non-hydrogen) atoms. The lowest BCUT2D eigenvalue weighted by Gasteiger charge is -2.22. The number of piperidine rings is 1. The Hall–Kier alpha value is -2.86. The zero-order valence-electron chi connectivity index (χ0n) is 14.7. The predicted octanol–water partition coefficient (Wildman–Crippen LogP) is 3.00. The summed E-state index contributed by atoms with van der Waals surface area (Å²) in [5, 5.41) is 22.4. The third-order valence-corrected chi connectivity index (χ3v) is 4.87. The average molecular weight is 350 g/mol. The second-order valence-corrected chi connectivity index (χ2v) is 6.85. The van der Waals surface area contributed by atoms with Gasteiger partial charge in [0, 0.05) is 31.4 Å². The van der Waals surface area contributed by atoms with Crippen molar-refractivity contribution < 1.29 is 9.90 Å². The second-order valence-electron chi connectivity index (χ2n) is 6.85. The van der Waals surface area contributed by atoms with Gasteiger partial charge in [0.15, 0.2) is 0 Å². The highest BCUT2D eigenvalue weighted by molar-refractivity contribution is 6.06. The number of phenols is 1. The first kappa shape index (κ1) is 16.6. The smallest absolute Gasteiger partial charge is 0.259 e. The molecule has 2 aromatic carbocycles. The first-order chi connectivity index (χ1) is 12.6. The van der Waals surface area contributed by atoms with E-state index in [1.807, 2.05) is 31.3 Å². The van der Waals surface area contributed by atoms with Crippen LogP contribution in [0.25, 0.3) is 10.8 Å². The SMILES string of the molecule is Cn1cc(C(=O)Nc2ccc3cc(O)ccc3c2)c(C2CCCNC2)n1. The van der Waals surface area contributed by atoms with E-state index < -0.39 is 0 Å². The van der Waals surface area contributed by atoms with Gasteiger partial charge in [-0.2, -0.15) is 5.10 Å². The number of carbonyl (C=O) groups excluding carboxylic acids is 1. The van der Waals surface area contributed by atoms with Gasteiger partial charge in [-0.1, -0.05) is 12.1 Å². The fourth-order valence-electron chi connectivity index (χ4n) is 3.58. The highest BCUT2D eigenvalue weighted by atomic mass is 16.3. The maximum atomic E-state index is 12.9. The Balaban J connectivity index is 1.59. The summed E-state index contributed by atoms with van der Waals surface area (Å²) in [5.41, 5.74) is 2.22. The molecule has 6 heteroatoms. The fourth-order valence-corrected chi connectivity index (χ4v) is 3.58. The van der Waals surface area contributed by atoms with E-state index in [0.717, 1.165) is 48.1 Å². The molecule has 0 radical (unpaired) electrons. The maximum Gasteiger partial charge on any atom is 0.259 e. The number of fused-ring (bicyclic) bond motifs is 1. The quantitative estimate of drug-likeness (QED) is 0.678. The van der Waals surface area contributed by atoms with Gasteiger partial charge in [-0.3, -0.25) is 9.48 Å². The summed E-state index contributed by atoms with van der Waals surface area (Å²) in [6, 6.07) is 10.8. The third-order valence-electron chi connectivity index (χ3n) is 4.87. The van der Waals surface area contributed by atoms with Crippen LogP contribution in [0.4, 0.5) is 5.69 Å². The van der Waals surface area contributed by atoms with Crippen molar-refractivity contribution in [3.05, 3.63) is 53.9 Å². The lowest BCUT2D eigenvalue weighted by Crippen LogP contribution is -2.29. The van der Waals surface area contributed by atoms with Gasteiger partial charge >= 0.3 is 0 Å².